The Labute approximate surface area is 129 Å². The molecule has 3 aromatic heterocycles. The molecule has 20 heavy (non-hydrogen) atoms. The molecule has 0 saturated carbocycles. The number of hydrogen-bond donors (Lipinski definition) is 0. The maximum Gasteiger partial charge on any atom is 0.205 e. The Hall–Kier alpha value is -1.50. The smallest absolute Gasteiger partial charge is 0.205 e. The van der Waals surface area contributed by atoms with E-state index in [-0.39, 0.29) is 0 Å². The lowest BCUT2D eigenvalue weighted by Gasteiger charge is -2.02. The fourth-order valence-electron chi connectivity index (χ4n) is 1.83. The summed E-state index contributed by atoms with van der Waals surface area (Å²) in [5.74, 6) is 0. The minimum atomic E-state index is 0.907. The number of nitrogens with zero attached hydrogens (tertiary/aromatic N) is 3. The fourth-order valence-corrected chi connectivity index (χ4v) is 4.09. The SMILES string of the molecule is CN=c1scc(-c2cccs2)n1N=C(C)c1cccs1. The van der Waals surface area contributed by atoms with E-state index in [0.717, 1.165) is 16.2 Å². The molecule has 0 aliphatic heterocycles. The highest BCUT2D eigenvalue weighted by atomic mass is 32.1. The van der Waals surface area contributed by atoms with Gasteiger partial charge in [0.25, 0.3) is 0 Å². The Kier molecular flexibility index (Phi) is 3.95. The third-order valence-corrected chi connectivity index (χ3v) is 5.56. The molecule has 0 radical (unpaired) electrons. The van der Waals surface area contributed by atoms with Crippen LogP contribution in [0.5, 0.6) is 0 Å². The second-order valence-corrected chi connectivity index (χ2v) is 6.81. The Morgan fingerprint density at radius 3 is 2.55 bits per heavy atom. The summed E-state index contributed by atoms with van der Waals surface area (Å²) in [5, 5.41) is 11.0. The second kappa shape index (κ2) is 5.87. The Balaban J connectivity index is 2.13. The van der Waals surface area contributed by atoms with Gasteiger partial charge in [0.2, 0.25) is 4.80 Å². The Morgan fingerprint density at radius 2 is 1.90 bits per heavy atom. The lowest BCUT2D eigenvalue weighted by atomic mass is 10.3. The molecule has 0 atom stereocenters. The van der Waals surface area contributed by atoms with Crippen molar-refractivity contribution in [3.8, 4) is 10.6 Å². The zero-order chi connectivity index (χ0) is 13.9. The van der Waals surface area contributed by atoms with Gasteiger partial charge in [-0.3, -0.25) is 4.99 Å². The van der Waals surface area contributed by atoms with Crippen LogP contribution in [0.25, 0.3) is 10.6 Å². The first-order chi connectivity index (χ1) is 9.79. The highest BCUT2D eigenvalue weighted by Crippen LogP contribution is 2.25. The van der Waals surface area contributed by atoms with E-state index in [2.05, 4.69) is 39.3 Å². The summed E-state index contributed by atoms with van der Waals surface area (Å²) < 4.78 is 1.94. The average Bonchev–Trinajstić information content (AvgIpc) is 3.20. The van der Waals surface area contributed by atoms with Crippen molar-refractivity contribution >= 4 is 39.7 Å². The van der Waals surface area contributed by atoms with Gasteiger partial charge in [-0.25, -0.2) is 4.68 Å². The first-order valence-electron chi connectivity index (χ1n) is 6.06. The highest BCUT2D eigenvalue weighted by molar-refractivity contribution is 7.14. The van der Waals surface area contributed by atoms with Crippen molar-refractivity contribution < 1.29 is 0 Å². The van der Waals surface area contributed by atoms with Crippen LogP contribution in [-0.2, 0) is 0 Å². The van der Waals surface area contributed by atoms with Crippen molar-refractivity contribution in [3.05, 3.63) is 50.1 Å². The van der Waals surface area contributed by atoms with Crippen LogP contribution in [0.15, 0.2) is 50.5 Å². The van der Waals surface area contributed by atoms with Crippen molar-refractivity contribution in [3.63, 3.8) is 0 Å². The topological polar surface area (TPSA) is 29.6 Å². The van der Waals surface area contributed by atoms with E-state index in [1.54, 1.807) is 41.1 Å². The van der Waals surface area contributed by atoms with E-state index >= 15 is 0 Å². The van der Waals surface area contributed by atoms with Crippen molar-refractivity contribution in [1.82, 2.24) is 4.68 Å². The predicted molar refractivity (Wildman–Crippen MR) is 89.0 cm³/mol. The number of thiophene rings is 2. The lowest BCUT2D eigenvalue weighted by molar-refractivity contribution is 0.844. The summed E-state index contributed by atoms with van der Waals surface area (Å²) in [5.41, 5.74) is 2.10. The van der Waals surface area contributed by atoms with E-state index in [0.29, 0.717) is 0 Å². The van der Waals surface area contributed by atoms with E-state index in [1.807, 2.05) is 17.7 Å². The van der Waals surface area contributed by atoms with Gasteiger partial charge in [-0.15, -0.1) is 34.0 Å². The van der Waals surface area contributed by atoms with Crippen LogP contribution in [0.4, 0.5) is 0 Å². The van der Waals surface area contributed by atoms with Gasteiger partial charge in [0, 0.05) is 12.4 Å². The summed E-state index contributed by atoms with van der Waals surface area (Å²) >= 11 is 5.03. The molecule has 102 valence electrons. The van der Waals surface area contributed by atoms with Crippen LogP contribution in [0.2, 0.25) is 0 Å². The number of hydrogen-bond acceptors (Lipinski definition) is 5. The standard InChI is InChI=1S/C14H13N3S3/c1-10(12-5-3-7-18-12)16-17-11(9-20-14(17)15-2)13-6-4-8-19-13/h3-9H,1-2H3. The number of rotatable bonds is 3. The van der Waals surface area contributed by atoms with Crippen molar-refractivity contribution in [1.29, 1.82) is 0 Å². The molecule has 0 aromatic carbocycles. The molecule has 0 bridgehead atoms. The molecule has 0 unspecified atom stereocenters. The predicted octanol–water partition coefficient (Wildman–Crippen LogP) is 4.14. The van der Waals surface area contributed by atoms with Crippen LogP contribution in [0.1, 0.15) is 11.8 Å². The number of aromatic nitrogens is 1. The van der Waals surface area contributed by atoms with Gasteiger partial charge < -0.3 is 0 Å². The monoisotopic (exact) mass is 319 g/mol. The maximum absolute atomic E-state index is 4.76. The normalized spacial score (nSPS) is 13.1. The summed E-state index contributed by atoms with van der Waals surface area (Å²) in [6.07, 6.45) is 0. The van der Waals surface area contributed by atoms with E-state index in [4.69, 9.17) is 5.10 Å². The third-order valence-electron chi connectivity index (χ3n) is 2.78. The minimum absolute atomic E-state index is 0.907. The van der Waals surface area contributed by atoms with Crippen LogP contribution in [0, 0.1) is 0 Å². The molecule has 0 spiro atoms. The van der Waals surface area contributed by atoms with Gasteiger partial charge in [-0.2, -0.15) is 5.10 Å². The molecule has 3 heterocycles. The summed E-state index contributed by atoms with van der Waals surface area (Å²) in [6.45, 7) is 2.04. The summed E-state index contributed by atoms with van der Waals surface area (Å²) in [4.78, 5) is 7.62. The van der Waals surface area contributed by atoms with Crippen LogP contribution in [0.3, 0.4) is 0 Å². The zero-order valence-electron chi connectivity index (χ0n) is 11.1. The molecular weight excluding hydrogens is 306 g/mol. The van der Waals surface area contributed by atoms with E-state index < -0.39 is 0 Å². The van der Waals surface area contributed by atoms with E-state index in [9.17, 15) is 0 Å². The van der Waals surface area contributed by atoms with Crippen molar-refractivity contribution in [2.24, 2.45) is 10.1 Å². The molecule has 6 heteroatoms. The quantitative estimate of drug-likeness (QED) is 0.649. The molecular formula is C14H13N3S3. The van der Waals surface area contributed by atoms with E-state index in [1.165, 1.54) is 9.75 Å². The first-order valence-corrected chi connectivity index (χ1v) is 8.70. The fraction of sp³-hybridized carbons (Fsp3) is 0.143. The third kappa shape index (κ3) is 2.54. The second-order valence-electron chi connectivity index (χ2n) is 4.08. The van der Waals surface area contributed by atoms with Gasteiger partial charge in [0.1, 0.15) is 0 Å². The molecule has 0 aliphatic rings. The van der Waals surface area contributed by atoms with Gasteiger partial charge in [-0.1, -0.05) is 12.1 Å². The zero-order valence-corrected chi connectivity index (χ0v) is 13.6. The molecule has 3 nitrogen and oxygen atoms in total. The minimum Gasteiger partial charge on any atom is -0.261 e. The largest absolute Gasteiger partial charge is 0.261 e. The van der Waals surface area contributed by atoms with Crippen LogP contribution >= 0.6 is 34.0 Å². The molecule has 0 aliphatic carbocycles. The van der Waals surface area contributed by atoms with Gasteiger partial charge >= 0.3 is 0 Å². The highest BCUT2D eigenvalue weighted by Gasteiger charge is 2.09. The Bertz CT molecular complexity index is 774. The summed E-state index contributed by atoms with van der Waals surface area (Å²) in [6, 6.07) is 8.30. The molecule has 0 fully saturated rings. The Morgan fingerprint density at radius 1 is 1.10 bits per heavy atom. The molecule has 3 rings (SSSR count). The lowest BCUT2D eigenvalue weighted by Crippen LogP contribution is -2.13. The first kappa shape index (κ1) is 13.5. The van der Waals surface area contributed by atoms with Gasteiger partial charge in [-0.05, 0) is 29.8 Å². The summed E-state index contributed by atoms with van der Waals surface area (Å²) in [7, 11) is 1.80. The maximum atomic E-state index is 4.76. The van der Waals surface area contributed by atoms with Crippen LogP contribution < -0.4 is 4.80 Å². The van der Waals surface area contributed by atoms with Gasteiger partial charge in [0.15, 0.2) is 0 Å². The molecule has 0 N–H and O–H groups in total. The number of thiazole rings is 1. The molecule has 3 aromatic rings. The van der Waals surface area contributed by atoms with Crippen molar-refractivity contribution in [2.45, 2.75) is 6.92 Å². The van der Waals surface area contributed by atoms with Crippen molar-refractivity contribution in [2.75, 3.05) is 7.05 Å². The molecule has 0 amide bonds. The van der Waals surface area contributed by atoms with Crippen LogP contribution in [-0.4, -0.2) is 17.4 Å². The average molecular weight is 319 g/mol. The molecule has 0 saturated heterocycles. The van der Waals surface area contributed by atoms with Gasteiger partial charge in [0.05, 0.1) is 21.2 Å².